The van der Waals surface area contributed by atoms with Crippen LogP contribution in [0, 0.1) is 21.4 Å². The van der Waals surface area contributed by atoms with Crippen LogP contribution in [0.4, 0.5) is 27.7 Å². The van der Waals surface area contributed by atoms with Crippen LogP contribution >= 0.6 is 0 Å². The molecule has 3 aliphatic heterocycles. The van der Waals surface area contributed by atoms with E-state index < -0.39 is 43.1 Å². The summed E-state index contributed by atoms with van der Waals surface area (Å²) < 4.78 is 42.7. The highest BCUT2D eigenvalue weighted by Gasteiger charge is 2.50. The van der Waals surface area contributed by atoms with Gasteiger partial charge in [-0.05, 0) is 130 Å². The Labute approximate surface area is 406 Å². The zero-order chi connectivity index (χ0) is 49.1. The maximum absolute atomic E-state index is 14.3. The summed E-state index contributed by atoms with van der Waals surface area (Å²) >= 11 is 0. The summed E-state index contributed by atoms with van der Waals surface area (Å²) in [5, 5.41) is 29.2. The van der Waals surface area contributed by atoms with Crippen molar-refractivity contribution in [2.75, 3.05) is 41.8 Å². The highest BCUT2D eigenvalue weighted by molar-refractivity contribution is 7.90. The van der Waals surface area contributed by atoms with Crippen molar-refractivity contribution in [1.29, 1.82) is 0 Å². The number of likely N-dealkylation sites (tertiary alicyclic amines) is 1. The molecule has 19 heteroatoms. The first kappa shape index (κ1) is 47.2. The average Bonchev–Trinajstić information content (AvgIpc) is 4.00. The SMILES string of the molecule is CC(C)c1ccccc1[C@H]1CCCN1C1CC2(CCN(c3ccc(C(=O)NS(=O)(=O)c4cc5c(c([N+](=O)[O-])c4)N[C@@H]([C@H]4CC[C@](C)(O)CC4)CO5)c(Oc4cc5cc[nH]c5nc4NC(N)=O)c3)CC2)C1. The number of nitrogens with one attached hydrogen (secondary N) is 4. The first-order valence-corrected chi connectivity index (χ1v) is 25.9. The number of urea groups is 1. The molecule has 2 aromatic heterocycles. The van der Waals surface area contributed by atoms with Crippen LogP contribution in [0.2, 0.25) is 0 Å². The largest absolute Gasteiger partial charge is 0.489 e. The van der Waals surface area contributed by atoms with Gasteiger partial charge in [0.2, 0.25) is 0 Å². The standard InChI is InChI=1S/C51H61N9O9S/c1-30(2)36-7-4-5-8-37(36)40-9-6-20-59(40)34-27-51(28-34)17-21-58(22-18-51)33-10-11-38(42(24-33)69-44-23-32-14-19-53-46(32)55-47(44)56-49(52)62)48(61)57-70(66,67)35-25-41(60(64)65)45-43(26-35)68-29-39(54-45)31-12-15-50(3,63)16-13-31/h4-5,7-8,10-11,14,19,23-26,30-31,34,39-40,54,63H,6,9,12-13,15-18,20-22,27-29H2,1-3H3,(H,57,61)(H4,52,53,55,56,62)/t31-,39-,40-,50-/m1/s1. The van der Waals surface area contributed by atoms with Crippen LogP contribution < -0.4 is 35.5 Å². The lowest BCUT2D eigenvalue weighted by atomic mass is 9.59. The molecule has 0 bridgehead atoms. The molecule has 2 saturated heterocycles. The molecule has 2 saturated carbocycles. The van der Waals surface area contributed by atoms with Crippen molar-refractivity contribution < 1.29 is 37.5 Å². The lowest BCUT2D eigenvalue weighted by Crippen LogP contribution is -2.54. The number of aromatic amines is 1. The minimum Gasteiger partial charge on any atom is -0.489 e. The van der Waals surface area contributed by atoms with E-state index in [1.165, 1.54) is 30.0 Å². The van der Waals surface area contributed by atoms with Crippen molar-refractivity contribution in [3.63, 3.8) is 0 Å². The number of rotatable bonds is 12. The second kappa shape index (κ2) is 18.4. The first-order chi connectivity index (χ1) is 33.4. The zero-order valence-corrected chi connectivity index (χ0v) is 40.5. The third-order valence-corrected chi connectivity index (χ3v) is 17.0. The molecule has 1 spiro atoms. The third-order valence-electron chi connectivity index (χ3n) is 15.7. The van der Waals surface area contributed by atoms with Gasteiger partial charge in [0.05, 0.1) is 27.0 Å². The Kier molecular flexibility index (Phi) is 12.4. The number of aromatic nitrogens is 2. The van der Waals surface area contributed by atoms with Gasteiger partial charge in [-0.2, -0.15) is 0 Å². The number of nitro groups is 1. The molecule has 0 unspecified atom stereocenters. The molecule has 0 radical (unpaired) electrons. The normalized spacial score (nSPS) is 23.6. The van der Waals surface area contributed by atoms with Crippen LogP contribution in [0.1, 0.15) is 118 Å². The van der Waals surface area contributed by atoms with E-state index in [1.807, 2.05) is 0 Å². The van der Waals surface area contributed by atoms with Gasteiger partial charge in [0.25, 0.3) is 21.6 Å². The van der Waals surface area contributed by atoms with Crippen LogP contribution in [0.15, 0.2) is 77.8 Å². The number of nitrogens with zero attached hydrogens (tertiary/aromatic N) is 4. The minimum absolute atomic E-state index is 0.0284. The fourth-order valence-corrected chi connectivity index (χ4v) is 12.8. The van der Waals surface area contributed by atoms with Crippen LogP contribution in [0.3, 0.4) is 0 Å². The van der Waals surface area contributed by atoms with E-state index in [4.69, 9.17) is 15.2 Å². The Morgan fingerprint density at radius 1 is 1.00 bits per heavy atom. The number of pyridine rings is 1. The predicted molar refractivity (Wildman–Crippen MR) is 265 cm³/mol. The van der Waals surface area contributed by atoms with Crippen LogP contribution in [0.5, 0.6) is 17.2 Å². The average molecular weight is 976 g/mol. The number of H-pyrrole nitrogens is 1. The summed E-state index contributed by atoms with van der Waals surface area (Å²) in [7, 11) is -4.75. The van der Waals surface area contributed by atoms with E-state index in [0.29, 0.717) is 54.7 Å². The van der Waals surface area contributed by atoms with Crippen LogP contribution in [0.25, 0.3) is 11.0 Å². The number of carbonyl (C=O) groups is 2. The quantitative estimate of drug-likeness (QED) is 0.0507. The van der Waals surface area contributed by atoms with E-state index in [2.05, 4.69) is 73.2 Å². The number of primary amides is 1. The molecule has 2 atom stereocenters. The van der Waals surface area contributed by atoms with Crippen molar-refractivity contribution in [2.45, 2.75) is 120 Å². The number of hydrogen-bond acceptors (Lipinski definition) is 13. The molecule has 5 heterocycles. The molecular weight excluding hydrogens is 915 g/mol. The topological polar surface area (TPSA) is 247 Å². The van der Waals surface area contributed by atoms with Gasteiger partial charge in [0, 0.05) is 60.6 Å². The highest BCUT2D eigenvalue weighted by atomic mass is 32.2. The third kappa shape index (κ3) is 9.33. The number of piperidine rings is 1. The van der Waals surface area contributed by atoms with Crippen LogP contribution in [-0.2, 0) is 10.0 Å². The summed E-state index contributed by atoms with van der Waals surface area (Å²) in [6.07, 6.45) is 10.8. The number of ether oxygens (including phenoxy) is 2. The van der Waals surface area contributed by atoms with Crippen molar-refractivity contribution >= 4 is 55.9 Å². The Morgan fingerprint density at radius 3 is 2.49 bits per heavy atom. The van der Waals surface area contributed by atoms with Crippen molar-refractivity contribution in [3.8, 4) is 17.2 Å². The summed E-state index contributed by atoms with van der Waals surface area (Å²) in [4.78, 5) is 50.1. The Morgan fingerprint density at radius 2 is 1.76 bits per heavy atom. The fraction of sp³-hybridized carbons (Fsp3) is 0.471. The lowest BCUT2D eigenvalue weighted by molar-refractivity contribution is -0.384. The Bertz CT molecular complexity index is 2950. The summed E-state index contributed by atoms with van der Waals surface area (Å²) in [5.74, 6) is -0.579. The molecule has 2 aliphatic carbocycles. The smallest absolute Gasteiger partial charge is 0.317 e. The fourth-order valence-electron chi connectivity index (χ4n) is 11.8. The second-order valence-corrected chi connectivity index (χ2v) is 22.3. The van der Waals surface area contributed by atoms with Crippen molar-refractivity contribution in [3.05, 3.63) is 99.7 Å². The van der Waals surface area contributed by atoms with Gasteiger partial charge < -0.3 is 35.5 Å². The van der Waals surface area contributed by atoms with Gasteiger partial charge >= 0.3 is 6.03 Å². The lowest BCUT2D eigenvalue weighted by Gasteiger charge is -2.56. The number of fused-ring (bicyclic) bond motifs is 2. The maximum atomic E-state index is 14.3. The molecule has 70 heavy (non-hydrogen) atoms. The van der Waals surface area contributed by atoms with Crippen molar-refractivity contribution in [1.82, 2.24) is 19.6 Å². The monoisotopic (exact) mass is 975 g/mol. The van der Waals surface area contributed by atoms with Gasteiger partial charge in [-0.15, -0.1) is 0 Å². The molecule has 5 aromatic rings. The highest BCUT2D eigenvalue weighted by Crippen LogP contribution is 2.54. The molecule has 3 aromatic carbocycles. The summed E-state index contributed by atoms with van der Waals surface area (Å²) in [5.41, 5.74) is 8.44. The first-order valence-electron chi connectivity index (χ1n) is 24.4. The summed E-state index contributed by atoms with van der Waals surface area (Å²) in [6.45, 7) is 9.09. The van der Waals surface area contributed by atoms with E-state index in [0.717, 1.165) is 63.1 Å². The van der Waals surface area contributed by atoms with Gasteiger partial charge in [-0.1, -0.05) is 38.1 Å². The molecule has 3 amide bonds. The number of carbonyl (C=O) groups excluding carboxylic acids is 2. The number of amides is 3. The van der Waals surface area contributed by atoms with E-state index in [9.17, 15) is 33.2 Å². The summed E-state index contributed by atoms with van der Waals surface area (Å²) in [6, 6.07) is 19.0. The number of sulfonamides is 1. The Hall–Kier alpha value is -6.44. The number of hydrogen-bond donors (Lipinski definition) is 6. The minimum atomic E-state index is -4.75. The van der Waals surface area contributed by atoms with Crippen LogP contribution in [-0.4, -0.2) is 89.2 Å². The second-order valence-electron chi connectivity index (χ2n) is 20.7. The van der Waals surface area contributed by atoms with Gasteiger partial charge in [0.15, 0.2) is 23.0 Å². The number of anilines is 3. The van der Waals surface area contributed by atoms with Gasteiger partial charge in [0.1, 0.15) is 18.0 Å². The van der Waals surface area contributed by atoms with Gasteiger partial charge in [-0.3, -0.25) is 25.1 Å². The number of benzene rings is 3. The number of nitro benzene ring substituents is 1. The molecular formula is C51H61N9O9S. The molecule has 370 valence electrons. The van der Waals surface area contributed by atoms with E-state index in [-0.39, 0.29) is 58.3 Å². The zero-order valence-electron chi connectivity index (χ0n) is 39.7. The maximum Gasteiger partial charge on any atom is 0.317 e. The predicted octanol–water partition coefficient (Wildman–Crippen LogP) is 8.70. The van der Waals surface area contributed by atoms with Crippen molar-refractivity contribution in [2.24, 2.45) is 17.1 Å². The molecule has 5 aliphatic rings. The molecule has 10 rings (SSSR count). The van der Waals surface area contributed by atoms with Gasteiger partial charge in [-0.25, -0.2) is 22.9 Å². The molecule has 18 nitrogen and oxygen atoms in total. The number of aliphatic hydroxyl groups is 1. The molecule has 4 fully saturated rings. The Balaban J connectivity index is 0.889. The number of nitrogens with two attached hydrogens (primary N) is 1. The van der Waals surface area contributed by atoms with E-state index in [1.54, 1.807) is 37.4 Å². The molecule has 7 N–H and O–H groups in total. The van der Waals surface area contributed by atoms with E-state index >= 15 is 0 Å².